The van der Waals surface area contributed by atoms with E-state index in [1.807, 2.05) is 0 Å². The van der Waals surface area contributed by atoms with Gasteiger partial charge in [0.2, 0.25) is 0 Å². The SMILES string of the molecule is COCCc1ccccc1NC1CCCN(C)C1. The van der Waals surface area contributed by atoms with Crippen LogP contribution < -0.4 is 5.32 Å². The highest BCUT2D eigenvalue weighted by Crippen LogP contribution is 2.20. The largest absolute Gasteiger partial charge is 0.384 e. The van der Waals surface area contributed by atoms with Gasteiger partial charge in [0, 0.05) is 25.4 Å². The fourth-order valence-electron chi connectivity index (χ4n) is 2.60. The molecule has 1 aromatic carbocycles. The first-order valence-electron chi connectivity index (χ1n) is 6.81. The number of anilines is 1. The molecule has 3 nitrogen and oxygen atoms in total. The number of nitrogens with zero attached hydrogens (tertiary/aromatic N) is 1. The van der Waals surface area contributed by atoms with Crippen LogP contribution in [0.3, 0.4) is 0 Å². The maximum absolute atomic E-state index is 5.17. The van der Waals surface area contributed by atoms with Gasteiger partial charge < -0.3 is 15.0 Å². The van der Waals surface area contributed by atoms with Crippen molar-refractivity contribution in [3.8, 4) is 0 Å². The fraction of sp³-hybridized carbons (Fsp3) is 0.600. The fourth-order valence-corrected chi connectivity index (χ4v) is 2.60. The Morgan fingerprint density at radius 2 is 2.22 bits per heavy atom. The van der Waals surface area contributed by atoms with Crippen molar-refractivity contribution in [2.45, 2.75) is 25.3 Å². The first-order chi connectivity index (χ1) is 8.79. The normalized spacial score (nSPS) is 20.9. The van der Waals surface area contributed by atoms with E-state index in [1.54, 1.807) is 7.11 Å². The highest BCUT2D eigenvalue weighted by Gasteiger charge is 2.17. The second-order valence-corrected chi connectivity index (χ2v) is 5.15. The standard InChI is InChI=1S/C15H24N2O/c1-17-10-5-7-14(12-17)16-15-8-4-3-6-13(15)9-11-18-2/h3-4,6,8,14,16H,5,7,9-12H2,1-2H3. The molecule has 0 saturated carbocycles. The van der Waals surface area contributed by atoms with Crippen LogP contribution in [0.2, 0.25) is 0 Å². The minimum absolute atomic E-state index is 0.576. The van der Waals surface area contributed by atoms with Crippen LogP contribution in [0.4, 0.5) is 5.69 Å². The molecular weight excluding hydrogens is 224 g/mol. The van der Waals surface area contributed by atoms with Crippen LogP contribution in [-0.2, 0) is 11.2 Å². The molecule has 1 atom stereocenters. The Morgan fingerprint density at radius 3 is 3.00 bits per heavy atom. The van der Waals surface area contributed by atoms with Crippen molar-refractivity contribution in [1.29, 1.82) is 0 Å². The van der Waals surface area contributed by atoms with Crippen molar-refractivity contribution in [2.24, 2.45) is 0 Å². The molecule has 100 valence electrons. The summed E-state index contributed by atoms with van der Waals surface area (Å²) in [6, 6.07) is 9.15. The predicted octanol–water partition coefficient (Wildman–Crippen LogP) is 2.38. The average molecular weight is 248 g/mol. The molecule has 0 radical (unpaired) electrons. The molecule has 0 aromatic heterocycles. The summed E-state index contributed by atoms with van der Waals surface area (Å²) in [6.07, 6.45) is 3.53. The molecule has 1 heterocycles. The Labute approximate surface area is 110 Å². The lowest BCUT2D eigenvalue weighted by Crippen LogP contribution is -2.39. The number of ether oxygens (including phenoxy) is 1. The molecule has 1 saturated heterocycles. The molecule has 0 bridgehead atoms. The van der Waals surface area contributed by atoms with Crippen LogP contribution in [0.25, 0.3) is 0 Å². The first kappa shape index (κ1) is 13.4. The lowest BCUT2D eigenvalue weighted by Gasteiger charge is -2.31. The molecule has 1 aromatic rings. The van der Waals surface area contributed by atoms with E-state index in [2.05, 4.69) is 41.5 Å². The van der Waals surface area contributed by atoms with Crippen LogP contribution in [0, 0.1) is 0 Å². The number of likely N-dealkylation sites (N-methyl/N-ethyl adjacent to an activating group) is 1. The smallest absolute Gasteiger partial charge is 0.0503 e. The molecule has 0 amide bonds. The van der Waals surface area contributed by atoms with Crippen molar-refractivity contribution in [2.75, 3.05) is 39.2 Å². The van der Waals surface area contributed by atoms with Gasteiger partial charge in [0.25, 0.3) is 0 Å². The van der Waals surface area contributed by atoms with E-state index in [0.29, 0.717) is 6.04 Å². The van der Waals surface area contributed by atoms with Gasteiger partial charge in [0.1, 0.15) is 0 Å². The van der Waals surface area contributed by atoms with Gasteiger partial charge in [-0.1, -0.05) is 18.2 Å². The summed E-state index contributed by atoms with van der Waals surface area (Å²) in [5, 5.41) is 3.69. The molecule has 1 fully saturated rings. The second kappa shape index (κ2) is 6.76. The monoisotopic (exact) mass is 248 g/mol. The lowest BCUT2D eigenvalue weighted by molar-refractivity contribution is 0.202. The van der Waals surface area contributed by atoms with E-state index in [-0.39, 0.29) is 0 Å². The lowest BCUT2D eigenvalue weighted by atomic mass is 10.0. The Kier molecular flexibility index (Phi) is 5.02. The predicted molar refractivity (Wildman–Crippen MR) is 76.2 cm³/mol. The number of para-hydroxylation sites is 1. The van der Waals surface area contributed by atoms with Crippen LogP contribution >= 0.6 is 0 Å². The highest BCUT2D eigenvalue weighted by molar-refractivity contribution is 5.52. The number of methoxy groups -OCH3 is 1. The number of benzene rings is 1. The van der Waals surface area contributed by atoms with E-state index in [4.69, 9.17) is 4.74 Å². The number of likely N-dealkylation sites (tertiary alicyclic amines) is 1. The topological polar surface area (TPSA) is 24.5 Å². The Morgan fingerprint density at radius 1 is 1.39 bits per heavy atom. The molecule has 1 N–H and O–H groups in total. The summed E-state index contributed by atoms with van der Waals surface area (Å²) in [5.41, 5.74) is 2.63. The van der Waals surface area contributed by atoms with Crippen molar-refractivity contribution < 1.29 is 4.74 Å². The van der Waals surface area contributed by atoms with Gasteiger partial charge in [-0.3, -0.25) is 0 Å². The summed E-state index contributed by atoms with van der Waals surface area (Å²) < 4.78 is 5.17. The van der Waals surface area contributed by atoms with E-state index in [9.17, 15) is 0 Å². The maximum atomic E-state index is 5.17. The summed E-state index contributed by atoms with van der Waals surface area (Å²) in [6.45, 7) is 3.14. The summed E-state index contributed by atoms with van der Waals surface area (Å²) in [4.78, 5) is 2.40. The molecule has 1 aliphatic rings. The number of nitrogens with one attached hydrogen (secondary N) is 1. The molecule has 0 spiro atoms. The Bertz CT molecular complexity index is 367. The Hall–Kier alpha value is -1.06. The van der Waals surface area contributed by atoms with Crippen LogP contribution in [-0.4, -0.2) is 44.8 Å². The van der Waals surface area contributed by atoms with Gasteiger partial charge >= 0.3 is 0 Å². The van der Waals surface area contributed by atoms with E-state index < -0.39 is 0 Å². The van der Waals surface area contributed by atoms with Gasteiger partial charge in [-0.15, -0.1) is 0 Å². The number of rotatable bonds is 5. The molecule has 18 heavy (non-hydrogen) atoms. The number of hydrogen-bond donors (Lipinski definition) is 1. The van der Waals surface area contributed by atoms with Crippen LogP contribution in [0.15, 0.2) is 24.3 Å². The van der Waals surface area contributed by atoms with E-state index >= 15 is 0 Å². The highest BCUT2D eigenvalue weighted by atomic mass is 16.5. The maximum Gasteiger partial charge on any atom is 0.0503 e. The zero-order valence-electron chi connectivity index (χ0n) is 11.5. The summed E-state index contributed by atoms with van der Waals surface area (Å²) >= 11 is 0. The third-order valence-electron chi connectivity index (χ3n) is 3.58. The quantitative estimate of drug-likeness (QED) is 0.866. The second-order valence-electron chi connectivity index (χ2n) is 5.15. The van der Waals surface area contributed by atoms with Crippen molar-refractivity contribution in [3.63, 3.8) is 0 Å². The molecule has 3 heteroatoms. The van der Waals surface area contributed by atoms with Crippen LogP contribution in [0.5, 0.6) is 0 Å². The zero-order chi connectivity index (χ0) is 12.8. The van der Waals surface area contributed by atoms with Crippen molar-refractivity contribution in [3.05, 3.63) is 29.8 Å². The van der Waals surface area contributed by atoms with Gasteiger partial charge in [0.15, 0.2) is 0 Å². The molecular formula is C15H24N2O. The summed E-state index contributed by atoms with van der Waals surface area (Å²) in [5.74, 6) is 0. The van der Waals surface area contributed by atoms with Gasteiger partial charge in [-0.05, 0) is 44.5 Å². The van der Waals surface area contributed by atoms with Gasteiger partial charge in [-0.25, -0.2) is 0 Å². The average Bonchev–Trinajstić information content (AvgIpc) is 2.38. The summed E-state index contributed by atoms with van der Waals surface area (Å²) in [7, 11) is 3.96. The minimum Gasteiger partial charge on any atom is -0.384 e. The van der Waals surface area contributed by atoms with Crippen molar-refractivity contribution in [1.82, 2.24) is 4.90 Å². The van der Waals surface area contributed by atoms with E-state index in [1.165, 1.54) is 30.6 Å². The Balaban J connectivity index is 1.99. The zero-order valence-corrected chi connectivity index (χ0v) is 11.5. The van der Waals surface area contributed by atoms with E-state index in [0.717, 1.165) is 19.6 Å². The number of hydrogen-bond acceptors (Lipinski definition) is 3. The minimum atomic E-state index is 0.576. The molecule has 2 rings (SSSR count). The molecule has 0 aliphatic carbocycles. The van der Waals surface area contributed by atoms with Gasteiger partial charge in [0.05, 0.1) is 6.61 Å². The van der Waals surface area contributed by atoms with Crippen LogP contribution in [0.1, 0.15) is 18.4 Å². The molecule has 1 aliphatic heterocycles. The van der Waals surface area contributed by atoms with Crippen molar-refractivity contribution >= 4 is 5.69 Å². The number of piperidine rings is 1. The van der Waals surface area contributed by atoms with Gasteiger partial charge in [-0.2, -0.15) is 0 Å². The first-order valence-corrected chi connectivity index (χ1v) is 6.81. The molecule has 1 unspecified atom stereocenters. The third-order valence-corrected chi connectivity index (χ3v) is 3.58. The third kappa shape index (κ3) is 3.72.